The number of carboxylic acids is 1. The van der Waals surface area contributed by atoms with Crippen LogP contribution in [0.4, 0.5) is 0 Å². The van der Waals surface area contributed by atoms with Crippen molar-refractivity contribution in [1.29, 1.82) is 0 Å². The highest BCUT2D eigenvalue weighted by molar-refractivity contribution is 7.89. The Bertz CT molecular complexity index is 648. The van der Waals surface area contributed by atoms with Crippen molar-refractivity contribution in [3.63, 3.8) is 0 Å². The van der Waals surface area contributed by atoms with Gasteiger partial charge in [0.1, 0.15) is 6.04 Å². The van der Waals surface area contributed by atoms with Crippen molar-refractivity contribution in [2.75, 3.05) is 13.7 Å². The molecule has 21 heavy (non-hydrogen) atoms. The van der Waals surface area contributed by atoms with Crippen LogP contribution in [-0.2, 0) is 19.6 Å². The quantitative estimate of drug-likeness (QED) is 0.813. The molecule has 1 aromatic heterocycles. The van der Waals surface area contributed by atoms with Gasteiger partial charge in [-0.1, -0.05) is 0 Å². The fraction of sp³-hybridized carbons (Fsp3) is 0.500. The third-order valence-corrected chi connectivity index (χ3v) is 5.05. The standard InChI is InChI=1S/C12H15NO7S/c1-19-12(16)9-5-6-10(20-9)21(17,18)13-7-3-2-4-8(13)11(14)15/h5-6,8H,2-4,7H2,1H3,(H,14,15). The van der Waals surface area contributed by atoms with Crippen molar-refractivity contribution in [3.05, 3.63) is 17.9 Å². The van der Waals surface area contributed by atoms with Crippen LogP contribution in [0.25, 0.3) is 0 Å². The maximum Gasteiger partial charge on any atom is 0.374 e. The van der Waals surface area contributed by atoms with Gasteiger partial charge in [0.15, 0.2) is 0 Å². The van der Waals surface area contributed by atoms with E-state index < -0.39 is 33.1 Å². The molecule has 2 rings (SSSR count). The third kappa shape index (κ3) is 2.93. The van der Waals surface area contributed by atoms with Crippen LogP contribution in [0.2, 0.25) is 0 Å². The summed E-state index contributed by atoms with van der Waals surface area (Å²) in [4.78, 5) is 22.5. The maximum absolute atomic E-state index is 12.4. The lowest BCUT2D eigenvalue weighted by Crippen LogP contribution is -2.47. The predicted molar refractivity (Wildman–Crippen MR) is 69.2 cm³/mol. The van der Waals surface area contributed by atoms with Gasteiger partial charge in [-0.25, -0.2) is 13.2 Å². The molecule has 0 radical (unpaired) electrons. The lowest BCUT2D eigenvalue weighted by molar-refractivity contribution is -0.142. The van der Waals surface area contributed by atoms with Crippen molar-refractivity contribution in [3.8, 4) is 0 Å². The van der Waals surface area contributed by atoms with E-state index in [0.717, 1.165) is 17.5 Å². The Labute approximate surface area is 121 Å². The number of carboxylic acid groups (broad SMARTS) is 1. The molecule has 1 aliphatic heterocycles. The zero-order valence-electron chi connectivity index (χ0n) is 11.3. The molecule has 1 N–H and O–H groups in total. The number of carbonyl (C=O) groups is 2. The fourth-order valence-electron chi connectivity index (χ4n) is 2.22. The van der Waals surface area contributed by atoms with E-state index in [-0.39, 0.29) is 18.7 Å². The summed E-state index contributed by atoms with van der Waals surface area (Å²) < 4.78 is 35.2. The van der Waals surface area contributed by atoms with E-state index in [9.17, 15) is 18.0 Å². The van der Waals surface area contributed by atoms with Gasteiger partial charge in [-0.3, -0.25) is 4.79 Å². The summed E-state index contributed by atoms with van der Waals surface area (Å²) in [6.07, 6.45) is 1.47. The molecule has 8 nitrogen and oxygen atoms in total. The zero-order chi connectivity index (χ0) is 15.6. The topological polar surface area (TPSA) is 114 Å². The molecular formula is C12H15NO7S. The van der Waals surface area contributed by atoms with Crippen LogP contribution in [0.5, 0.6) is 0 Å². The van der Waals surface area contributed by atoms with Crippen LogP contribution >= 0.6 is 0 Å². The van der Waals surface area contributed by atoms with Crippen LogP contribution in [0.3, 0.4) is 0 Å². The molecule has 0 aromatic carbocycles. The van der Waals surface area contributed by atoms with Gasteiger partial charge in [-0.05, 0) is 31.4 Å². The predicted octanol–water partition coefficient (Wildman–Crippen LogP) is 0.694. The Kier molecular flexibility index (Phi) is 4.33. The van der Waals surface area contributed by atoms with Crippen molar-refractivity contribution in [2.45, 2.75) is 30.4 Å². The van der Waals surface area contributed by atoms with E-state index in [4.69, 9.17) is 9.52 Å². The zero-order valence-corrected chi connectivity index (χ0v) is 12.1. The average Bonchev–Trinajstić information content (AvgIpc) is 2.97. The number of rotatable bonds is 4. The van der Waals surface area contributed by atoms with Crippen LogP contribution in [0, 0.1) is 0 Å². The second-order valence-corrected chi connectivity index (χ2v) is 6.40. The molecule has 0 spiro atoms. The molecule has 1 saturated heterocycles. The Morgan fingerprint density at radius 1 is 1.38 bits per heavy atom. The third-order valence-electron chi connectivity index (χ3n) is 3.27. The highest BCUT2D eigenvalue weighted by atomic mass is 32.2. The molecule has 2 heterocycles. The minimum atomic E-state index is -4.10. The van der Waals surface area contributed by atoms with Gasteiger partial charge < -0.3 is 14.3 Å². The smallest absolute Gasteiger partial charge is 0.374 e. The first-order chi connectivity index (χ1) is 9.87. The van der Waals surface area contributed by atoms with E-state index in [1.165, 1.54) is 6.07 Å². The Balaban J connectivity index is 2.34. The molecule has 116 valence electrons. The number of hydrogen-bond donors (Lipinski definition) is 1. The number of methoxy groups -OCH3 is 1. The number of furan rings is 1. The molecule has 1 aliphatic rings. The number of sulfonamides is 1. The van der Waals surface area contributed by atoms with Crippen LogP contribution < -0.4 is 0 Å². The first kappa shape index (κ1) is 15.5. The Morgan fingerprint density at radius 2 is 2.10 bits per heavy atom. The second kappa shape index (κ2) is 5.86. The number of esters is 1. The van der Waals surface area contributed by atoms with Crippen LogP contribution in [0.15, 0.2) is 21.6 Å². The van der Waals surface area contributed by atoms with Gasteiger partial charge in [0.25, 0.3) is 10.0 Å². The molecule has 1 unspecified atom stereocenters. The Morgan fingerprint density at radius 3 is 2.71 bits per heavy atom. The molecule has 0 saturated carbocycles. The number of aliphatic carboxylic acids is 1. The molecule has 9 heteroatoms. The summed E-state index contributed by atoms with van der Waals surface area (Å²) in [6, 6.07) is 1.18. The van der Waals surface area contributed by atoms with E-state index >= 15 is 0 Å². The summed E-state index contributed by atoms with van der Waals surface area (Å²) in [5.41, 5.74) is 0. The normalized spacial score (nSPS) is 20.1. The highest BCUT2D eigenvalue weighted by Crippen LogP contribution is 2.26. The van der Waals surface area contributed by atoms with E-state index in [1.54, 1.807) is 0 Å². The van der Waals surface area contributed by atoms with Crippen LogP contribution in [-0.4, -0.2) is 49.5 Å². The Hall–Kier alpha value is -1.87. The average molecular weight is 317 g/mol. The van der Waals surface area contributed by atoms with Crippen molar-refractivity contribution in [2.24, 2.45) is 0 Å². The van der Waals surface area contributed by atoms with Crippen molar-refractivity contribution < 1.29 is 32.3 Å². The lowest BCUT2D eigenvalue weighted by Gasteiger charge is -2.30. The summed E-state index contributed by atoms with van der Waals surface area (Å²) in [6.45, 7) is 0.105. The van der Waals surface area contributed by atoms with Gasteiger partial charge in [0.2, 0.25) is 10.9 Å². The minimum Gasteiger partial charge on any atom is -0.480 e. The summed E-state index contributed by atoms with van der Waals surface area (Å²) in [7, 11) is -2.96. The monoisotopic (exact) mass is 317 g/mol. The van der Waals surface area contributed by atoms with Gasteiger partial charge >= 0.3 is 11.9 Å². The largest absolute Gasteiger partial charge is 0.480 e. The molecule has 1 atom stereocenters. The van der Waals surface area contributed by atoms with E-state index in [0.29, 0.717) is 12.8 Å². The lowest BCUT2D eigenvalue weighted by atomic mass is 10.1. The fourth-order valence-corrected chi connectivity index (χ4v) is 3.79. The number of piperidine rings is 1. The van der Waals surface area contributed by atoms with Crippen molar-refractivity contribution in [1.82, 2.24) is 4.31 Å². The van der Waals surface area contributed by atoms with E-state index in [2.05, 4.69) is 4.74 Å². The molecule has 1 fully saturated rings. The van der Waals surface area contributed by atoms with Gasteiger partial charge in [-0.2, -0.15) is 4.31 Å². The first-order valence-electron chi connectivity index (χ1n) is 6.30. The maximum atomic E-state index is 12.4. The van der Waals surface area contributed by atoms with Gasteiger partial charge in [-0.15, -0.1) is 0 Å². The molecule has 0 amide bonds. The number of nitrogens with zero attached hydrogens (tertiary/aromatic N) is 1. The first-order valence-corrected chi connectivity index (χ1v) is 7.74. The number of carbonyl (C=O) groups excluding carboxylic acids is 1. The molecule has 1 aromatic rings. The second-order valence-electron chi connectivity index (χ2n) is 4.58. The molecular weight excluding hydrogens is 302 g/mol. The number of hydrogen-bond acceptors (Lipinski definition) is 6. The van der Waals surface area contributed by atoms with E-state index in [1.807, 2.05) is 0 Å². The van der Waals surface area contributed by atoms with Gasteiger partial charge in [0, 0.05) is 6.54 Å². The van der Waals surface area contributed by atoms with Crippen molar-refractivity contribution >= 4 is 22.0 Å². The summed E-state index contributed by atoms with van der Waals surface area (Å²) in [5, 5.41) is 8.68. The highest BCUT2D eigenvalue weighted by Gasteiger charge is 2.39. The minimum absolute atomic E-state index is 0.105. The number of ether oxygens (including phenoxy) is 1. The summed E-state index contributed by atoms with van der Waals surface area (Å²) >= 11 is 0. The summed E-state index contributed by atoms with van der Waals surface area (Å²) in [5.74, 6) is -2.25. The SMILES string of the molecule is COC(=O)c1ccc(S(=O)(=O)N2CCCCC2C(=O)O)o1. The molecule has 0 bridgehead atoms. The molecule has 0 aliphatic carbocycles. The van der Waals surface area contributed by atoms with Gasteiger partial charge in [0.05, 0.1) is 7.11 Å². The van der Waals surface area contributed by atoms with Crippen LogP contribution in [0.1, 0.15) is 29.8 Å².